The molecule has 0 bridgehead atoms. The van der Waals surface area contributed by atoms with Gasteiger partial charge in [0, 0.05) is 23.8 Å². The number of nitrogens with one attached hydrogen (secondary N) is 2. The second kappa shape index (κ2) is 9.94. The molecule has 1 atom stereocenters. The van der Waals surface area contributed by atoms with Crippen LogP contribution in [0.25, 0.3) is 10.8 Å². The topological polar surface area (TPSA) is 83.0 Å². The molecule has 1 aliphatic heterocycles. The molecule has 2 N–H and O–H groups in total. The van der Waals surface area contributed by atoms with Gasteiger partial charge in [0.2, 0.25) is 5.95 Å². The average molecular weight is 489 g/mol. The van der Waals surface area contributed by atoms with E-state index in [1.807, 2.05) is 31.2 Å². The first kappa shape index (κ1) is 23.7. The number of pyridine rings is 1. The molecule has 4 aromatic rings. The summed E-state index contributed by atoms with van der Waals surface area (Å²) < 4.78 is 28.8. The third kappa shape index (κ3) is 4.61. The summed E-state index contributed by atoms with van der Waals surface area (Å²) in [5.74, 6) is -1.000. The number of amides is 1. The summed E-state index contributed by atoms with van der Waals surface area (Å²) in [5.41, 5.74) is 1.45. The van der Waals surface area contributed by atoms with Crippen molar-refractivity contribution in [1.82, 2.24) is 20.3 Å². The van der Waals surface area contributed by atoms with E-state index in [2.05, 4.69) is 25.6 Å². The second-order valence-corrected chi connectivity index (χ2v) is 8.93. The predicted molar refractivity (Wildman–Crippen MR) is 136 cm³/mol. The lowest BCUT2D eigenvalue weighted by atomic mass is 10.0. The molecule has 0 radical (unpaired) electrons. The monoisotopic (exact) mass is 488 g/mol. The van der Waals surface area contributed by atoms with Gasteiger partial charge >= 0.3 is 0 Å². The van der Waals surface area contributed by atoms with Crippen LogP contribution in [0, 0.1) is 25.5 Å². The summed E-state index contributed by atoms with van der Waals surface area (Å²) in [6.07, 6.45) is 4.42. The van der Waals surface area contributed by atoms with Gasteiger partial charge in [0.15, 0.2) is 5.82 Å². The standard InChI is InChI=1S/C27H26F2N6O/c1-16-5-3-6-18-10-12-31-25(24(16)18)35(20-7-4-11-30-14-20)26(36)21-9-8-19(13-22(21)28)34-27-32-15-23(29)17(2)33-27/h3,5-6,8-10,12-13,15,20,30H,4,7,11,14H2,1-2H3,(H,32,33,34)/t20-/m1/s1. The Balaban J connectivity index is 1.52. The van der Waals surface area contributed by atoms with E-state index in [0.29, 0.717) is 18.1 Å². The van der Waals surface area contributed by atoms with Crippen LogP contribution in [0.4, 0.5) is 26.2 Å². The number of carbonyl (C=O) groups excluding carboxylic acids is 1. The molecule has 1 aliphatic rings. The number of anilines is 3. The third-order valence-electron chi connectivity index (χ3n) is 6.44. The maximum Gasteiger partial charge on any atom is 0.262 e. The van der Waals surface area contributed by atoms with Crippen LogP contribution in [-0.4, -0.2) is 40.0 Å². The quantitative estimate of drug-likeness (QED) is 0.409. The summed E-state index contributed by atoms with van der Waals surface area (Å²) in [7, 11) is 0. The Morgan fingerprint density at radius 2 is 1.97 bits per heavy atom. The molecule has 184 valence electrons. The van der Waals surface area contributed by atoms with Crippen molar-refractivity contribution in [3.8, 4) is 0 Å². The van der Waals surface area contributed by atoms with Gasteiger partial charge in [-0.15, -0.1) is 0 Å². The number of aryl methyl sites for hydroxylation is 2. The third-order valence-corrected chi connectivity index (χ3v) is 6.44. The lowest BCUT2D eigenvalue weighted by Crippen LogP contribution is -2.49. The second-order valence-electron chi connectivity index (χ2n) is 8.93. The number of carbonyl (C=O) groups is 1. The van der Waals surface area contributed by atoms with Crippen molar-refractivity contribution in [2.75, 3.05) is 23.3 Å². The summed E-state index contributed by atoms with van der Waals surface area (Å²) >= 11 is 0. The summed E-state index contributed by atoms with van der Waals surface area (Å²) in [4.78, 5) is 28.0. The molecule has 0 saturated carbocycles. The van der Waals surface area contributed by atoms with Gasteiger partial charge in [-0.3, -0.25) is 9.69 Å². The summed E-state index contributed by atoms with van der Waals surface area (Å²) in [5, 5.41) is 8.05. The molecular formula is C27H26F2N6O. The first-order valence-corrected chi connectivity index (χ1v) is 11.9. The van der Waals surface area contributed by atoms with Gasteiger partial charge in [-0.1, -0.05) is 18.2 Å². The molecule has 0 aliphatic carbocycles. The molecule has 5 rings (SSSR count). The van der Waals surface area contributed by atoms with Crippen LogP contribution in [0.3, 0.4) is 0 Å². The van der Waals surface area contributed by atoms with E-state index in [1.54, 1.807) is 17.2 Å². The van der Waals surface area contributed by atoms with Gasteiger partial charge < -0.3 is 10.6 Å². The van der Waals surface area contributed by atoms with E-state index in [4.69, 9.17) is 0 Å². The van der Waals surface area contributed by atoms with Gasteiger partial charge in [0.1, 0.15) is 11.6 Å². The van der Waals surface area contributed by atoms with Crippen molar-refractivity contribution >= 4 is 34.1 Å². The van der Waals surface area contributed by atoms with Gasteiger partial charge in [-0.2, -0.15) is 0 Å². The van der Waals surface area contributed by atoms with E-state index >= 15 is 4.39 Å². The van der Waals surface area contributed by atoms with Crippen molar-refractivity contribution in [1.29, 1.82) is 0 Å². The average Bonchev–Trinajstić information content (AvgIpc) is 2.87. The summed E-state index contributed by atoms with van der Waals surface area (Å²) in [6.45, 7) is 4.97. The van der Waals surface area contributed by atoms with E-state index < -0.39 is 17.5 Å². The van der Waals surface area contributed by atoms with Crippen molar-refractivity contribution in [3.63, 3.8) is 0 Å². The largest absolute Gasteiger partial charge is 0.324 e. The maximum atomic E-state index is 15.4. The Morgan fingerprint density at radius 1 is 1.11 bits per heavy atom. The molecule has 0 unspecified atom stereocenters. The number of benzene rings is 2. The zero-order valence-corrected chi connectivity index (χ0v) is 20.1. The Bertz CT molecular complexity index is 1430. The van der Waals surface area contributed by atoms with Crippen molar-refractivity contribution < 1.29 is 13.6 Å². The molecule has 2 aromatic heterocycles. The van der Waals surface area contributed by atoms with Crippen LogP contribution in [0.1, 0.15) is 34.5 Å². The van der Waals surface area contributed by atoms with Crippen LogP contribution in [0.2, 0.25) is 0 Å². The Labute approximate surface area is 207 Å². The Hall–Kier alpha value is -3.98. The van der Waals surface area contributed by atoms with E-state index in [9.17, 15) is 9.18 Å². The molecule has 1 saturated heterocycles. The molecular weight excluding hydrogens is 462 g/mol. The number of hydrogen-bond acceptors (Lipinski definition) is 6. The lowest BCUT2D eigenvalue weighted by molar-refractivity contribution is 0.0968. The molecule has 36 heavy (non-hydrogen) atoms. The van der Waals surface area contributed by atoms with Crippen LogP contribution in [0.15, 0.2) is 54.9 Å². The fourth-order valence-corrected chi connectivity index (χ4v) is 4.60. The van der Waals surface area contributed by atoms with E-state index in [-0.39, 0.29) is 23.2 Å². The fraction of sp³-hybridized carbons (Fsp3) is 0.259. The zero-order chi connectivity index (χ0) is 25.2. The first-order chi connectivity index (χ1) is 17.4. The SMILES string of the molecule is Cc1nc(Nc2ccc(C(=O)N(c3nccc4cccc(C)c34)[C@@H]3CCCNC3)c(F)c2)ncc1F. The number of nitrogens with zero attached hydrogens (tertiary/aromatic N) is 4. The summed E-state index contributed by atoms with van der Waals surface area (Å²) in [6, 6.07) is 11.9. The number of halogens is 2. The van der Waals surface area contributed by atoms with Crippen LogP contribution in [-0.2, 0) is 0 Å². The predicted octanol–water partition coefficient (Wildman–Crippen LogP) is 5.06. The number of aromatic nitrogens is 3. The smallest absolute Gasteiger partial charge is 0.262 e. The van der Waals surface area contributed by atoms with E-state index in [1.165, 1.54) is 19.1 Å². The highest BCUT2D eigenvalue weighted by atomic mass is 19.1. The first-order valence-electron chi connectivity index (χ1n) is 11.9. The normalized spacial score (nSPS) is 15.6. The molecule has 1 fully saturated rings. The van der Waals surface area contributed by atoms with Gasteiger partial charge in [-0.25, -0.2) is 23.7 Å². The highest BCUT2D eigenvalue weighted by Gasteiger charge is 2.31. The van der Waals surface area contributed by atoms with Gasteiger partial charge in [-0.05, 0) is 68.4 Å². The molecule has 0 spiro atoms. The lowest BCUT2D eigenvalue weighted by Gasteiger charge is -2.35. The van der Waals surface area contributed by atoms with Crippen LogP contribution < -0.4 is 15.5 Å². The number of rotatable bonds is 5. The number of hydrogen-bond donors (Lipinski definition) is 2. The highest BCUT2D eigenvalue weighted by Crippen LogP contribution is 2.32. The minimum absolute atomic E-state index is 0.0604. The fourth-order valence-electron chi connectivity index (χ4n) is 4.60. The molecule has 9 heteroatoms. The minimum atomic E-state index is -0.686. The Kier molecular flexibility index (Phi) is 6.56. The van der Waals surface area contributed by atoms with Gasteiger partial charge in [0.05, 0.1) is 23.5 Å². The molecule has 7 nitrogen and oxygen atoms in total. The maximum absolute atomic E-state index is 15.4. The molecule has 1 amide bonds. The van der Waals surface area contributed by atoms with Crippen molar-refractivity contribution in [2.45, 2.75) is 32.7 Å². The van der Waals surface area contributed by atoms with Crippen LogP contribution in [0.5, 0.6) is 0 Å². The van der Waals surface area contributed by atoms with Gasteiger partial charge in [0.25, 0.3) is 5.91 Å². The zero-order valence-electron chi connectivity index (χ0n) is 20.1. The van der Waals surface area contributed by atoms with E-state index in [0.717, 1.165) is 41.9 Å². The highest BCUT2D eigenvalue weighted by molar-refractivity contribution is 6.11. The van der Waals surface area contributed by atoms with Crippen molar-refractivity contribution in [3.05, 3.63) is 83.3 Å². The molecule has 2 aromatic carbocycles. The van der Waals surface area contributed by atoms with Crippen LogP contribution >= 0.6 is 0 Å². The number of fused-ring (bicyclic) bond motifs is 1. The molecule has 3 heterocycles. The number of piperidine rings is 1. The minimum Gasteiger partial charge on any atom is -0.324 e. The van der Waals surface area contributed by atoms with Crippen molar-refractivity contribution in [2.24, 2.45) is 0 Å². The Morgan fingerprint density at radius 3 is 2.72 bits per heavy atom.